The molecule has 5 N–H and O–H groups in total. The van der Waals surface area contributed by atoms with Crippen molar-refractivity contribution in [3.05, 3.63) is 65.1 Å². The van der Waals surface area contributed by atoms with Gasteiger partial charge >= 0.3 is 6.03 Å². The summed E-state index contributed by atoms with van der Waals surface area (Å²) in [5, 5.41) is 20.8. The molecular formula is C32H35N11O4. The molecule has 0 spiro atoms. The average molecular weight is 638 g/mol. The van der Waals surface area contributed by atoms with E-state index in [2.05, 4.69) is 31.1 Å². The van der Waals surface area contributed by atoms with Crippen molar-refractivity contribution >= 4 is 63.9 Å². The van der Waals surface area contributed by atoms with Crippen molar-refractivity contribution in [3.8, 4) is 0 Å². The van der Waals surface area contributed by atoms with Gasteiger partial charge in [-0.1, -0.05) is 0 Å². The number of nitrogens with zero attached hydrogens (tertiary/aromatic N) is 6. The number of fused-ring (bicyclic) bond motifs is 1. The zero-order valence-corrected chi connectivity index (χ0v) is 26.3. The van der Waals surface area contributed by atoms with E-state index in [1.807, 2.05) is 35.2 Å². The summed E-state index contributed by atoms with van der Waals surface area (Å²) in [4.78, 5) is 53.7. The second-order valence-electron chi connectivity index (χ2n) is 11.5. The number of carbonyl (C=O) groups is 3. The lowest BCUT2D eigenvalue weighted by Gasteiger charge is -2.38. The van der Waals surface area contributed by atoms with Gasteiger partial charge < -0.3 is 30.5 Å². The van der Waals surface area contributed by atoms with Crippen LogP contribution in [0, 0.1) is 12.0 Å². The quantitative estimate of drug-likeness (QED) is 0.140. The van der Waals surface area contributed by atoms with Crippen LogP contribution in [0.4, 0.5) is 45.0 Å². The second-order valence-corrected chi connectivity index (χ2v) is 11.5. The first-order valence-electron chi connectivity index (χ1n) is 15.2. The maximum Gasteiger partial charge on any atom is 0.329 e. The molecule has 1 aromatic heterocycles. The molecule has 0 unspecified atom stereocenters. The largest absolute Gasteiger partial charge is 0.387 e. The predicted molar refractivity (Wildman–Crippen MR) is 178 cm³/mol. The standard InChI is InChI=1S/C32H35N11O4/c1-34-23-15-20(5-7-21(23)29(33)43-12-10-27(44)39-32(43)46)37-22-9-11-42(17-26(22)47-4)31-36-16-24(35-2)30(40-31)38-19-6-8-25-18(13-19)14-28(45)41(25)3/h5-8,13,15-16,22,26,33-34,37H,9-12,14,17H2,1,3-4H3,(H,36,38,40)(H,39,44,46)/t22-,26-/m1/s1. The number of piperidine rings is 1. The van der Waals surface area contributed by atoms with E-state index in [0.717, 1.165) is 22.6 Å². The van der Waals surface area contributed by atoms with Crippen LogP contribution >= 0.6 is 0 Å². The highest BCUT2D eigenvalue weighted by molar-refractivity contribution is 6.13. The fourth-order valence-corrected chi connectivity index (χ4v) is 6.06. The molecule has 2 aromatic carbocycles. The zero-order chi connectivity index (χ0) is 33.2. The minimum absolute atomic E-state index is 0.00551. The van der Waals surface area contributed by atoms with Crippen LogP contribution in [0.3, 0.4) is 0 Å². The van der Waals surface area contributed by atoms with E-state index < -0.39 is 6.03 Å². The third-order valence-corrected chi connectivity index (χ3v) is 8.66. The monoisotopic (exact) mass is 637 g/mol. The number of methoxy groups -OCH3 is 1. The van der Waals surface area contributed by atoms with Crippen LogP contribution in [0.2, 0.25) is 0 Å². The maximum absolute atomic E-state index is 12.3. The Balaban J connectivity index is 1.14. The number of rotatable bonds is 8. The van der Waals surface area contributed by atoms with Crippen molar-refractivity contribution in [2.45, 2.75) is 31.4 Å². The molecule has 2 saturated heterocycles. The molecular weight excluding hydrogens is 602 g/mol. The number of nitrogens with one attached hydrogen (secondary N) is 5. The Kier molecular flexibility index (Phi) is 8.59. The minimum Gasteiger partial charge on any atom is -0.387 e. The first-order chi connectivity index (χ1) is 22.7. The first kappa shape index (κ1) is 31.2. The number of amidine groups is 1. The van der Waals surface area contributed by atoms with Gasteiger partial charge in [0.2, 0.25) is 23.5 Å². The Morgan fingerprint density at radius 1 is 1.15 bits per heavy atom. The van der Waals surface area contributed by atoms with Gasteiger partial charge in [0.05, 0.1) is 25.1 Å². The molecule has 4 heterocycles. The van der Waals surface area contributed by atoms with Gasteiger partial charge in [-0.15, -0.1) is 0 Å². The number of hydrogen-bond donors (Lipinski definition) is 5. The highest BCUT2D eigenvalue weighted by Crippen LogP contribution is 2.34. The summed E-state index contributed by atoms with van der Waals surface area (Å²) in [5.41, 5.74) is 4.82. The van der Waals surface area contributed by atoms with Gasteiger partial charge in [0.15, 0.2) is 0 Å². The maximum atomic E-state index is 12.3. The number of aromatic nitrogens is 2. The van der Waals surface area contributed by atoms with Gasteiger partial charge in [-0.3, -0.25) is 25.2 Å². The number of benzene rings is 2. The van der Waals surface area contributed by atoms with Gasteiger partial charge in [0.1, 0.15) is 11.7 Å². The van der Waals surface area contributed by atoms with Crippen LogP contribution in [-0.2, 0) is 20.7 Å². The van der Waals surface area contributed by atoms with Crippen molar-refractivity contribution in [1.29, 1.82) is 5.41 Å². The Hall–Kier alpha value is -5.75. The zero-order valence-electron chi connectivity index (χ0n) is 26.3. The number of urea groups is 1. The molecule has 242 valence electrons. The third-order valence-electron chi connectivity index (χ3n) is 8.66. The van der Waals surface area contributed by atoms with Gasteiger partial charge in [-0.2, -0.15) is 0 Å². The minimum atomic E-state index is -0.602. The Bertz CT molecular complexity index is 1810. The van der Waals surface area contributed by atoms with E-state index in [1.54, 1.807) is 32.2 Å². The topological polar surface area (TPSA) is 172 Å². The van der Waals surface area contributed by atoms with E-state index in [0.29, 0.717) is 48.9 Å². The molecule has 0 saturated carbocycles. The molecule has 47 heavy (non-hydrogen) atoms. The molecule has 4 amide bonds. The van der Waals surface area contributed by atoms with Crippen LogP contribution in [0.1, 0.15) is 24.0 Å². The molecule has 2 atom stereocenters. The van der Waals surface area contributed by atoms with Gasteiger partial charge in [0, 0.05) is 81.8 Å². The lowest BCUT2D eigenvalue weighted by Crippen LogP contribution is -2.52. The van der Waals surface area contributed by atoms with E-state index in [-0.39, 0.29) is 48.4 Å². The van der Waals surface area contributed by atoms with Crippen LogP contribution in [0.5, 0.6) is 0 Å². The number of ether oxygens (including phenoxy) is 1. The lowest BCUT2D eigenvalue weighted by atomic mass is 10.0. The van der Waals surface area contributed by atoms with Crippen LogP contribution in [0.15, 0.2) is 42.6 Å². The Morgan fingerprint density at radius 3 is 2.70 bits per heavy atom. The first-order valence-corrected chi connectivity index (χ1v) is 15.2. The number of likely N-dealkylation sites (N-methyl/N-ethyl adjacent to an activating group) is 1. The molecule has 0 radical (unpaired) electrons. The molecule has 0 bridgehead atoms. The average Bonchev–Trinajstić information content (AvgIpc) is 3.36. The molecule has 15 heteroatoms. The lowest BCUT2D eigenvalue weighted by molar-refractivity contribution is -0.121. The molecule has 6 rings (SSSR count). The molecule has 2 fully saturated rings. The van der Waals surface area contributed by atoms with Crippen molar-refractivity contribution in [2.24, 2.45) is 0 Å². The van der Waals surface area contributed by atoms with Gasteiger partial charge in [-0.25, -0.2) is 19.6 Å². The van der Waals surface area contributed by atoms with Crippen molar-refractivity contribution in [3.63, 3.8) is 0 Å². The normalized spacial score (nSPS) is 19.2. The molecule has 0 aliphatic carbocycles. The predicted octanol–water partition coefficient (Wildman–Crippen LogP) is 3.30. The second kappa shape index (κ2) is 12.9. The highest BCUT2D eigenvalue weighted by atomic mass is 16.5. The van der Waals surface area contributed by atoms with Crippen LogP contribution in [-0.4, -0.2) is 91.5 Å². The van der Waals surface area contributed by atoms with E-state index >= 15 is 0 Å². The number of carbonyl (C=O) groups excluding carboxylic acids is 3. The number of amides is 4. The highest BCUT2D eigenvalue weighted by Gasteiger charge is 2.32. The number of anilines is 6. The fourth-order valence-electron chi connectivity index (χ4n) is 6.06. The summed E-state index contributed by atoms with van der Waals surface area (Å²) in [5.74, 6) is 0.553. The number of imide groups is 1. The summed E-state index contributed by atoms with van der Waals surface area (Å²) in [7, 11) is 5.17. The summed E-state index contributed by atoms with van der Waals surface area (Å²) < 4.78 is 5.89. The summed E-state index contributed by atoms with van der Waals surface area (Å²) in [6.07, 6.45) is 2.47. The SMILES string of the molecule is [C-]#[N+]c1cnc(N2CC[C@@H](Nc3ccc(C(=N)N4CCC(=O)NC4=O)c(NC)c3)[C@H](OC)C2)nc1Nc1ccc2c(c1)CC(=O)N2C. The smallest absolute Gasteiger partial charge is 0.329 e. The Morgan fingerprint density at radius 2 is 1.96 bits per heavy atom. The molecule has 3 aliphatic heterocycles. The van der Waals surface area contributed by atoms with Crippen molar-refractivity contribution < 1.29 is 19.1 Å². The molecule has 3 aliphatic rings. The van der Waals surface area contributed by atoms with Gasteiger partial charge in [0.25, 0.3) is 0 Å². The van der Waals surface area contributed by atoms with Crippen molar-refractivity contribution in [2.75, 3.05) is 66.6 Å². The van der Waals surface area contributed by atoms with Crippen molar-refractivity contribution in [1.82, 2.24) is 20.2 Å². The van der Waals surface area contributed by atoms with E-state index in [4.69, 9.17) is 21.7 Å². The molecule has 15 nitrogen and oxygen atoms in total. The fraction of sp³-hybridized carbons (Fsp3) is 0.344. The summed E-state index contributed by atoms with van der Waals surface area (Å²) in [6, 6.07) is 10.5. The summed E-state index contributed by atoms with van der Waals surface area (Å²) in [6.45, 7) is 8.92. The Labute approximate surface area is 271 Å². The molecule has 3 aromatic rings. The van der Waals surface area contributed by atoms with E-state index in [1.165, 1.54) is 11.1 Å². The van der Waals surface area contributed by atoms with Crippen LogP contribution < -0.4 is 31.1 Å². The third kappa shape index (κ3) is 6.23. The number of hydrogen-bond acceptors (Lipinski definition) is 11. The van der Waals surface area contributed by atoms with Crippen LogP contribution in [0.25, 0.3) is 4.85 Å². The van der Waals surface area contributed by atoms with E-state index in [9.17, 15) is 14.4 Å². The van der Waals surface area contributed by atoms with Gasteiger partial charge in [-0.05, 0) is 48.4 Å². The summed E-state index contributed by atoms with van der Waals surface area (Å²) >= 11 is 0.